The molecular formula is C27H34N4O5. The largest absolute Gasteiger partial charge is 0.508 e. The number of phenols is 1. The summed E-state index contributed by atoms with van der Waals surface area (Å²) in [6, 6.07) is 13.6. The monoisotopic (exact) mass is 494 g/mol. The Morgan fingerprint density at radius 2 is 1.72 bits per heavy atom. The van der Waals surface area contributed by atoms with Gasteiger partial charge in [0.15, 0.2) is 0 Å². The number of rotatable bonds is 12. The van der Waals surface area contributed by atoms with Gasteiger partial charge in [-0.1, -0.05) is 44.2 Å². The van der Waals surface area contributed by atoms with E-state index in [0.717, 1.165) is 22.0 Å². The van der Waals surface area contributed by atoms with Crippen LogP contribution in [0.4, 0.5) is 0 Å². The van der Waals surface area contributed by atoms with Crippen molar-refractivity contribution in [3.05, 3.63) is 65.9 Å². The molecule has 0 saturated heterocycles. The van der Waals surface area contributed by atoms with Gasteiger partial charge >= 0.3 is 0 Å². The fourth-order valence-corrected chi connectivity index (χ4v) is 4.26. The van der Waals surface area contributed by atoms with Gasteiger partial charge in [-0.25, -0.2) is 5.48 Å². The molecule has 3 amide bonds. The number of fused-ring (bicyclic) bond motifs is 1. The SMILES string of the molecule is CC(C)C[C@H](CC(=O)NO)C(=O)N[C@@H](Cc1c[nH]c2ccccc12)C(=O)NCCc1ccc(O)cc1. The van der Waals surface area contributed by atoms with E-state index >= 15 is 0 Å². The topological polar surface area (TPSA) is 144 Å². The second-order valence-electron chi connectivity index (χ2n) is 9.40. The molecule has 3 aromatic rings. The predicted molar refractivity (Wildman–Crippen MR) is 136 cm³/mol. The molecule has 0 spiro atoms. The molecule has 0 saturated carbocycles. The summed E-state index contributed by atoms with van der Waals surface area (Å²) in [7, 11) is 0. The summed E-state index contributed by atoms with van der Waals surface area (Å²) in [5.74, 6) is -1.77. The molecule has 0 fully saturated rings. The van der Waals surface area contributed by atoms with Gasteiger partial charge in [-0.05, 0) is 48.1 Å². The Labute approximate surface area is 210 Å². The number of aromatic amines is 1. The lowest BCUT2D eigenvalue weighted by molar-refractivity contribution is -0.136. The minimum Gasteiger partial charge on any atom is -0.508 e. The number of aromatic nitrogens is 1. The number of para-hydroxylation sites is 1. The molecule has 1 aromatic heterocycles. The van der Waals surface area contributed by atoms with Crippen LogP contribution in [0.1, 0.15) is 37.8 Å². The van der Waals surface area contributed by atoms with Crippen molar-refractivity contribution in [2.45, 2.75) is 45.6 Å². The highest BCUT2D eigenvalue weighted by molar-refractivity contribution is 5.91. The summed E-state index contributed by atoms with van der Waals surface area (Å²) >= 11 is 0. The fourth-order valence-electron chi connectivity index (χ4n) is 4.26. The molecule has 1 heterocycles. The molecule has 2 aromatic carbocycles. The van der Waals surface area contributed by atoms with Gasteiger partial charge in [0.05, 0.1) is 0 Å². The van der Waals surface area contributed by atoms with E-state index in [-0.39, 0.29) is 30.4 Å². The zero-order valence-electron chi connectivity index (χ0n) is 20.6. The van der Waals surface area contributed by atoms with E-state index in [1.165, 1.54) is 0 Å². The zero-order chi connectivity index (χ0) is 26.1. The molecule has 9 nitrogen and oxygen atoms in total. The minimum absolute atomic E-state index is 0.137. The van der Waals surface area contributed by atoms with E-state index in [9.17, 15) is 19.5 Å². The molecule has 2 atom stereocenters. The number of carbonyl (C=O) groups excluding carboxylic acids is 3. The summed E-state index contributed by atoms with van der Waals surface area (Å²) in [6.07, 6.45) is 2.91. The summed E-state index contributed by atoms with van der Waals surface area (Å²) < 4.78 is 0. The molecule has 192 valence electrons. The van der Waals surface area contributed by atoms with Crippen LogP contribution in [0.3, 0.4) is 0 Å². The van der Waals surface area contributed by atoms with E-state index in [1.54, 1.807) is 29.7 Å². The first-order chi connectivity index (χ1) is 17.3. The fraction of sp³-hybridized carbons (Fsp3) is 0.370. The third kappa shape index (κ3) is 7.58. The molecule has 0 aliphatic rings. The van der Waals surface area contributed by atoms with Crippen LogP contribution in [0.15, 0.2) is 54.7 Å². The molecule has 36 heavy (non-hydrogen) atoms. The van der Waals surface area contributed by atoms with Gasteiger partial charge in [0.2, 0.25) is 17.7 Å². The Balaban J connectivity index is 1.75. The first kappa shape index (κ1) is 26.7. The molecule has 0 aliphatic carbocycles. The standard InChI is InChI=1S/C27H34N4O5/c1-17(2)13-19(15-25(33)31-36)26(34)30-24(14-20-16-29-23-6-4-3-5-22(20)23)27(35)28-12-11-18-7-9-21(32)10-8-18/h3-10,16-17,19,24,29,32,36H,11-15H2,1-2H3,(H,28,35)(H,30,34)(H,31,33)/t19-,24+/m1/s1. The normalized spacial score (nSPS) is 12.8. The Morgan fingerprint density at radius 1 is 1.00 bits per heavy atom. The quantitative estimate of drug-likeness (QED) is 0.169. The maximum Gasteiger partial charge on any atom is 0.244 e. The van der Waals surface area contributed by atoms with Gasteiger partial charge in [-0.2, -0.15) is 0 Å². The Morgan fingerprint density at radius 3 is 2.42 bits per heavy atom. The lowest BCUT2D eigenvalue weighted by atomic mass is 9.92. The predicted octanol–water partition coefficient (Wildman–Crippen LogP) is 2.82. The molecule has 6 N–H and O–H groups in total. The number of amides is 3. The maximum atomic E-state index is 13.2. The van der Waals surface area contributed by atoms with Crippen molar-refractivity contribution in [2.24, 2.45) is 11.8 Å². The van der Waals surface area contributed by atoms with Gasteiger partial charge in [0.1, 0.15) is 11.8 Å². The highest BCUT2D eigenvalue weighted by Crippen LogP contribution is 2.21. The number of H-pyrrole nitrogens is 1. The number of hydrogen-bond donors (Lipinski definition) is 6. The lowest BCUT2D eigenvalue weighted by Gasteiger charge is -2.23. The van der Waals surface area contributed by atoms with Crippen LogP contribution in [-0.4, -0.2) is 45.6 Å². The van der Waals surface area contributed by atoms with E-state index in [2.05, 4.69) is 15.6 Å². The number of phenolic OH excluding ortho intramolecular Hbond substituents is 1. The van der Waals surface area contributed by atoms with E-state index < -0.39 is 23.8 Å². The van der Waals surface area contributed by atoms with E-state index in [0.29, 0.717) is 19.4 Å². The molecule has 0 radical (unpaired) electrons. The van der Waals surface area contributed by atoms with Gasteiger partial charge < -0.3 is 20.7 Å². The van der Waals surface area contributed by atoms with Crippen molar-refractivity contribution in [3.63, 3.8) is 0 Å². The van der Waals surface area contributed by atoms with Gasteiger partial charge in [0, 0.05) is 42.4 Å². The highest BCUT2D eigenvalue weighted by atomic mass is 16.5. The second-order valence-corrected chi connectivity index (χ2v) is 9.40. The summed E-state index contributed by atoms with van der Waals surface area (Å²) in [5.41, 5.74) is 4.36. The Kier molecular flexibility index (Phi) is 9.46. The number of hydroxylamine groups is 1. The van der Waals surface area contributed by atoms with Crippen molar-refractivity contribution in [1.82, 2.24) is 21.1 Å². The second kappa shape index (κ2) is 12.7. The zero-order valence-corrected chi connectivity index (χ0v) is 20.6. The third-order valence-electron chi connectivity index (χ3n) is 6.06. The van der Waals surface area contributed by atoms with Crippen molar-refractivity contribution in [2.75, 3.05) is 6.54 Å². The van der Waals surface area contributed by atoms with Crippen molar-refractivity contribution < 1.29 is 24.7 Å². The molecule has 0 bridgehead atoms. The smallest absolute Gasteiger partial charge is 0.244 e. The maximum absolute atomic E-state index is 13.2. The summed E-state index contributed by atoms with van der Waals surface area (Å²) in [6.45, 7) is 4.24. The minimum atomic E-state index is -0.858. The van der Waals surface area contributed by atoms with Crippen LogP contribution in [-0.2, 0) is 27.2 Å². The molecule has 9 heteroatoms. The highest BCUT2D eigenvalue weighted by Gasteiger charge is 2.28. The first-order valence-electron chi connectivity index (χ1n) is 12.1. The first-order valence-corrected chi connectivity index (χ1v) is 12.1. The number of carbonyl (C=O) groups is 3. The molecular weight excluding hydrogens is 460 g/mol. The number of aromatic hydroxyl groups is 1. The van der Waals surface area contributed by atoms with Gasteiger partial charge in [-0.15, -0.1) is 0 Å². The van der Waals surface area contributed by atoms with Crippen LogP contribution in [0.2, 0.25) is 0 Å². The molecule has 0 unspecified atom stereocenters. The molecule has 0 aliphatic heterocycles. The Hall–Kier alpha value is -3.85. The van der Waals surface area contributed by atoms with E-state index in [1.807, 2.05) is 44.3 Å². The van der Waals surface area contributed by atoms with Crippen molar-refractivity contribution in [3.8, 4) is 5.75 Å². The Bertz CT molecular complexity index is 1170. The molecule has 3 rings (SSSR count). The lowest BCUT2D eigenvalue weighted by Crippen LogP contribution is -2.50. The van der Waals surface area contributed by atoms with Gasteiger partial charge in [0.25, 0.3) is 0 Å². The van der Waals surface area contributed by atoms with E-state index in [4.69, 9.17) is 5.21 Å². The van der Waals surface area contributed by atoms with Crippen molar-refractivity contribution in [1.29, 1.82) is 0 Å². The van der Waals surface area contributed by atoms with Crippen LogP contribution < -0.4 is 16.1 Å². The van der Waals surface area contributed by atoms with Crippen molar-refractivity contribution >= 4 is 28.6 Å². The summed E-state index contributed by atoms with van der Waals surface area (Å²) in [5, 5.41) is 25.1. The van der Waals surface area contributed by atoms with Crippen LogP contribution in [0.5, 0.6) is 5.75 Å². The number of benzene rings is 2. The van der Waals surface area contributed by atoms with Gasteiger partial charge in [-0.3, -0.25) is 19.6 Å². The third-order valence-corrected chi connectivity index (χ3v) is 6.06. The average molecular weight is 495 g/mol. The number of hydrogen-bond acceptors (Lipinski definition) is 5. The number of nitrogens with one attached hydrogen (secondary N) is 4. The van der Waals surface area contributed by atoms with Crippen LogP contribution in [0.25, 0.3) is 10.9 Å². The van der Waals surface area contributed by atoms with Crippen LogP contribution >= 0.6 is 0 Å². The average Bonchev–Trinajstić information content (AvgIpc) is 3.26. The van der Waals surface area contributed by atoms with Crippen LogP contribution in [0, 0.1) is 11.8 Å². The summed E-state index contributed by atoms with van der Waals surface area (Å²) in [4.78, 5) is 41.4.